The molecular formula is C112H224O6. The Bertz CT molecular complexity index is 1780. The highest BCUT2D eigenvalue weighted by atomic mass is 16.5. The Hall–Kier alpha value is -1.59. The third-order valence-corrected chi connectivity index (χ3v) is 26.3. The van der Waals surface area contributed by atoms with Crippen LogP contribution < -0.4 is 0 Å². The third kappa shape index (κ3) is 110. The van der Waals surface area contributed by atoms with Crippen LogP contribution in [0, 0.1) is 11.8 Å². The molecule has 6 nitrogen and oxygen atoms in total. The van der Waals surface area contributed by atoms with Crippen LogP contribution in [0.3, 0.4) is 0 Å². The van der Waals surface area contributed by atoms with Gasteiger partial charge in [-0.25, -0.2) is 0 Å². The minimum absolute atomic E-state index is 0.0257. The fourth-order valence-corrected chi connectivity index (χ4v) is 17.8. The van der Waals surface area contributed by atoms with E-state index in [9.17, 15) is 19.5 Å². The number of rotatable bonds is 102. The van der Waals surface area contributed by atoms with Crippen LogP contribution in [0.2, 0.25) is 0 Å². The summed E-state index contributed by atoms with van der Waals surface area (Å²) in [5, 5.41) is 9.49. The topological polar surface area (TPSA) is 89.9 Å². The molecule has 0 saturated carbocycles. The highest BCUT2D eigenvalue weighted by Crippen LogP contribution is 2.26. The summed E-state index contributed by atoms with van der Waals surface area (Å²) in [7, 11) is 0. The summed E-state index contributed by atoms with van der Waals surface area (Å²) in [6.07, 6.45) is 131. The molecule has 708 valence electrons. The summed E-state index contributed by atoms with van der Waals surface area (Å²) in [4.78, 5) is 36.6. The van der Waals surface area contributed by atoms with Gasteiger partial charge in [0.05, 0.1) is 25.0 Å². The second-order valence-corrected chi connectivity index (χ2v) is 38.4. The van der Waals surface area contributed by atoms with Gasteiger partial charge in [-0.3, -0.25) is 14.4 Å². The van der Waals surface area contributed by atoms with Crippen molar-refractivity contribution >= 4 is 17.9 Å². The number of carboxylic acid groups (broad SMARTS) is 1. The maximum atomic E-state index is 13.2. The Labute approximate surface area is 745 Å². The maximum Gasteiger partial charge on any atom is 0.308 e. The highest BCUT2D eigenvalue weighted by Gasteiger charge is 2.20. The summed E-state index contributed by atoms with van der Waals surface area (Å²) < 4.78 is 11.3. The van der Waals surface area contributed by atoms with Gasteiger partial charge in [0.25, 0.3) is 0 Å². The first kappa shape index (κ1) is 121. The summed E-state index contributed by atoms with van der Waals surface area (Å²) >= 11 is 0. The molecule has 0 aliphatic heterocycles. The molecular weight excluding hydrogens is 1440 g/mol. The van der Waals surface area contributed by atoms with Crippen molar-refractivity contribution in [2.75, 3.05) is 13.2 Å². The first-order chi connectivity index (χ1) is 58.3. The smallest absolute Gasteiger partial charge is 0.308 e. The van der Waals surface area contributed by atoms with Crippen molar-refractivity contribution in [2.24, 2.45) is 11.8 Å². The quantitative estimate of drug-likeness (QED) is 0.0482. The van der Waals surface area contributed by atoms with Crippen LogP contribution in [0.15, 0.2) is 0 Å². The van der Waals surface area contributed by atoms with Crippen LogP contribution in [0.1, 0.15) is 678 Å². The minimum Gasteiger partial charge on any atom is -0.481 e. The van der Waals surface area contributed by atoms with E-state index in [1.165, 1.54) is 565 Å². The van der Waals surface area contributed by atoms with E-state index in [0.29, 0.717) is 19.6 Å². The number of ether oxygens (including phenoxy) is 2. The first-order valence-electron chi connectivity index (χ1n) is 55.8. The molecule has 0 saturated heterocycles. The molecule has 0 aromatic carbocycles. The molecule has 0 aliphatic rings. The van der Waals surface area contributed by atoms with Crippen molar-refractivity contribution in [2.45, 2.75) is 678 Å². The van der Waals surface area contributed by atoms with Gasteiger partial charge in [0.2, 0.25) is 0 Å². The Morgan fingerprint density at radius 2 is 0.305 bits per heavy atom. The van der Waals surface area contributed by atoms with Crippen molar-refractivity contribution in [3.8, 4) is 0 Å². The zero-order valence-electron chi connectivity index (χ0n) is 82.9. The predicted octanol–water partition coefficient (Wildman–Crippen LogP) is 40.7. The first-order valence-corrected chi connectivity index (χ1v) is 55.8. The van der Waals surface area contributed by atoms with E-state index in [0.717, 1.165) is 57.8 Å². The van der Waals surface area contributed by atoms with Gasteiger partial charge in [0, 0.05) is 6.42 Å². The number of carbonyl (C=O) groups is 3. The summed E-state index contributed by atoms with van der Waals surface area (Å²) in [5.74, 6) is -0.366. The number of aliphatic carboxylic acids is 1. The van der Waals surface area contributed by atoms with Crippen molar-refractivity contribution < 1.29 is 29.0 Å². The normalized spacial score (nSPS) is 11.9. The predicted molar refractivity (Wildman–Crippen MR) is 529 cm³/mol. The molecule has 2 unspecified atom stereocenters. The van der Waals surface area contributed by atoms with Crippen molar-refractivity contribution in [1.29, 1.82) is 0 Å². The molecule has 0 fully saturated rings. The molecule has 2 atom stereocenters. The van der Waals surface area contributed by atoms with Gasteiger partial charge in [-0.2, -0.15) is 0 Å². The largest absolute Gasteiger partial charge is 0.481 e. The van der Waals surface area contributed by atoms with E-state index in [-0.39, 0.29) is 23.8 Å². The van der Waals surface area contributed by atoms with Gasteiger partial charge in [-0.1, -0.05) is 626 Å². The van der Waals surface area contributed by atoms with Crippen molar-refractivity contribution in [1.82, 2.24) is 0 Å². The molecule has 0 aromatic rings. The molecule has 118 heavy (non-hydrogen) atoms. The van der Waals surface area contributed by atoms with Crippen LogP contribution >= 0.6 is 0 Å². The molecule has 0 rings (SSSR count). The van der Waals surface area contributed by atoms with E-state index >= 15 is 0 Å². The second-order valence-electron chi connectivity index (χ2n) is 38.4. The molecule has 6 heteroatoms. The van der Waals surface area contributed by atoms with Gasteiger partial charge in [0.1, 0.15) is 0 Å². The Morgan fingerprint density at radius 1 is 0.169 bits per heavy atom. The summed E-state index contributed by atoms with van der Waals surface area (Å²) in [6.45, 7) is 17.3. The van der Waals surface area contributed by atoms with Crippen LogP contribution in [-0.4, -0.2) is 36.2 Å². The number of esters is 2. The van der Waals surface area contributed by atoms with Crippen LogP contribution in [0.25, 0.3) is 0 Å². The molecule has 0 amide bonds. The number of unbranched alkanes of at least 4 members (excludes halogenated alkanes) is 86. The Balaban J connectivity index is -0.00000178. The molecule has 0 aliphatic carbocycles. The number of carbonyl (C=O) groups excluding carboxylic acids is 2. The number of hydrogen-bond acceptors (Lipinski definition) is 5. The SMILES string of the molecule is CCCCCCCCCCCCCCC(CCCCCCCCCCCC)C(=O)O.CCCCCCCCCCCCCCCCCCC(CCCCCCCCCCCCCCCC)C(=O)OCCCCCCCCCCCCCCCC.CCCCCCCCCCCCCCCCOC(=O)CCCCCCCCCCCCCCC. The van der Waals surface area contributed by atoms with Crippen LogP contribution in [0.5, 0.6) is 0 Å². The summed E-state index contributed by atoms with van der Waals surface area (Å²) in [6, 6.07) is 0. The van der Waals surface area contributed by atoms with Crippen molar-refractivity contribution in [3.05, 3.63) is 0 Å². The van der Waals surface area contributed by atoms with Gasteiger partial charge in [0.15, 0.2) is 0 Å². The average Bonchev–Trinajstić information content (AvgIpc) is 0.934. The fraction of sp³-hybridized carbons (Fsp3) is 0.973. The standard InChI is InChI=1S/C52H104O2.C32H64O2.C28H56O2/c1-4-7-10-13-16-19-22-25-28-29-31-34-37-40-43-46-49-51(48-45-42-39-36-33-30-26-23-20-17-14-11-8-5-2)52(53)54-50-47-44-41-38-35-32-27-24-21-18-15-12-9-6-3;1-3-5-7-9-11-13-15-17-19-21-23-25-27-29-31-34-32(33)30-28-26-24-22-20-18-16-14-12-10-8-6-4-2;1-3-5-7-9-11-13-15-16-18-20-22-24-26-27(28(29)30)25-23-21-19-17-14-12-10-8-6-4-2/h51H,4-50H2,1-3H3;3-31H2,1-2H3;27H,3-26H2,1-2H3,(H,29,30). The Kier molecular flexibility index (Phi) is 116. The van der Waals surface area contributed by atoms with Crippen LogP contribution in [0.4, 0.5) is 0 Å². The lowest BCUT2D eigenvalue weighted by molar-refractivity contribution is -0.149. The zero-order valence-corrected chi connectivity index (χ0v) is 82.9. The van der Waals surface area contributed by atoms with E-state index < -0.39 is 5.97 Å². The third-order valence-electron chi connectivity index (χ3n) is 26.3. The van der Waals surface area contributed by atoms with Gasteiger partial charge < -0.3 is 14.6 Å². The van der Waals surface area contributed by atoms with E-state index in [1.807, 2.05) is 0 Å². The number of hydrogen-bond donors (Lipinski definition) is 1. The number of carboxylic acids is 1. The molecule has 0 heterocycles. The average molecular weight is 1670 g/mol. The van der Waals surface area contributed by atoms with E-state index in [2.05, 4.69) is 48.5 Å². The molecule has 1 N–H and O–H groups in total. The molecule has 0 radical (unpaired) electrons. The monoisotopic (exact) mass is 1670 g/mol. The Morgan fingerprint density at radius 3 is 0.475 bits per heavy atom. The van der Waals surface area contributed by atoms with Gasteiger partial charge in [-0.15, -0.1) is 0 Å². The minimum atomic E-state index is -0.561. The highest BCUT2D eigenvalue weighted by molar-refractivity contribution is 5.72. The fourth-order valence-electron chi connectivity index (χ4n) is 17.8. The summed E-state index contributed by atoms with van der Waals surface area (Å²) in [5.41, 5.74) is 0. The lowest BCUT2D eigenvalue weighted by Crippen LogP contribution is -2.18. The maximum absolute atomic E-state index is 13.2. The van der Waals surface area contributed by atoms with E-state index in [1.54, 1.807) is 0 Å². The van der Waals surface area contributed by atoms with E-state index in [4.69, 9.17) is 9.47 Å². The molecule has 0 aromatic heterocycles. The van der Waals surface area contributed by atoms with Crippen molar-refractivity contribution in [3.63, 3.8) is 0 Å². The second kappa shape index (κ2) is 113. The molecule has 0 spiro atoms. The molecule has 0 bridgehead atoms. The van der Waals surface area contributed by atoms with Gasteiger partial charge >= 0.3 is 17.9 Å². The lowest BCUT2D eigenvalue weighted by Gasteiger charge is -2.16. The van der Waals surface area contributed by atoms with Crippen LogP contribution in [-0.2, 0) is 23.9 Å². The zero-order chi connectivity index (χ0) is 86.0. The van der Waals surface area contributed by atoms with Gasteiger partial charge in [-0.05, 0) is 44.9 Å². The lowest BCUT2D eigenvalue weighted by atomic mass is 9.94.